The van der Waals surface area contributed by atoms with Gasteiger partial charge in [-0.15, -0.1) is 11.3 Å². The van der Waals surface area contributed by atoms with Crippen LogP contribution in [-0.4, -0.2) is 46.1 Å². The molecule has 1 saturated heterocycles. The Balaban J connectivity index is 1.31. The van der Waals surface area contributed by atoms with E-state index in [1.807, 2.05) is 23.5 Å². The number of nitrogens with one attached hydrogen (secondary N) is 1. The smallest absolute Gasteiger partial charge is 0.227 e. The van der Waals surface area contributed by atoms with E-state index in [4.69, 9.17) is 21.6 Å². The van der Waals surface area contributed by atoms with Gasteiger partial charge in [-0.3, -0.25) is 4.21 Å². The molecule has 4 heterocycles. The van der Waals surface area contributed by atoms with E-state index in [1.165, 1.54) is 15.4 Å². The van der Waals surface area contributed by atoms with Crippen LogP contribution in [0.15, 0.2) is 41.3 Å². The van der Waals surface area contributed by atoms with Crippen LogP contribution in [0.5, 0.6) is 0 Å². The Morgan fingerprint density at radius 2 is 1.76 bits per heavy atom. The second-order valence-electron chi connectivity index (χ2n) is 8.37. The number of fused-ring (bicyclic) bond motifs is 1. The Morgan fingerprint density at radius 1 is 1.03 bits per heavy atom. The van der Waals surface area contributed by atoms with Gasteiger partial charge in [-0.25, -0.2) is 4.98 Å². The first-order valence-electron chi connectivity index (χ1n) is 11.5. The predicted molar refractivity (Wildman–Crippen MR) is 139 cm³/mol. The molecule has 33 heavy (non-hydrogen) atoms. The van der Waals surface area contributed by atoms with E-state index in [0.29, 0.717) is 12.3 Å². The van der Waals surface area contributed by atoms with Gasteiger partial charge in [-0.1, -0.05) is 24.9 Å². The van der Waals surface area contributed by atoms with E-state index < -0.39 is 10.8 Å². The maximum atomic E-state index is 12.7. The van der Waals surface area contributed by atoms with Crippen molar-refractivity contribution in [2.45, 2.75) is 37.6 Å². The lowest BCUT2D eigenvalue weighted by molar-refractivity contribution is 0.637. The number of hydrogen-bond acceptors (Lipinski definition) is 7. The zero-order chi connectivity index (χ0) is 22.8. The average Bonchev–Trinajstić information content (AvgIpc) is 3.45. The first-order chi connectivity index (χ1) is 16.1. The van der Waals surface area contributed by atoms with E-state index in [0.717, 1.165) is 72.8 Å². The van der Waals surface area contributed by atoms with Gasteiger partial charge in [0, 0.05) is 58.8 Å². The highest BCUT2D eigenvalue weighted by atomic mass is 35.5. The van der Waals surface area contributed by atoms with Crippen molar-refractivity contribution >= 4 is 51.2 Å². The summed E-state index contributed by atoms with van der Waals surface area (Å²) in [5, 5.41) is 4.24. The van der Waals surface area contributed by atoms with Crippen molar-refractivity contribution in [2.24, 2.45) is 0 Å². The van der Waals surface area contributed by atoms with Gasteiger partial charge in [0.05, 0.1) is 23.0 Å². The van der Waals surface area contributed by atoms with Gasteiger partial charge in [-0.2, -0.15) is 4.98 Å². The van der Waals surface area contributed by atoms with Crippen LogP contribution in [-0.2, 0) is 30.2 Å². The van der Waals surface area contributed by atoms with Crippen LogP contribution in [0.3, 0.4) is 0 Å². The van der Waals surface area contributed by atoms with Crippen molar-refractivity contribution in [1.82, 2.24) is 9.97 Å². The van der Waals surface area contributed by atoms with Crippen molar-refractivity contribution in [3.05, 3.63) is 56.9 Å². The fourth-order valence-electron chi connectivity index (χ4n) is 4.33. The van der Waals surface area contributed by atoms with Crippen molar-refractivity contribution < 1.29 is 4.21 Å². The largest absolute Gasteiger partial charge is 0.368 e. The molecule has 0 saturated carbocycles. The summed E-state index contributed by atoms with van der Waals surface area (Å²) < 4.78 is 12.7. The Morgan fingerprint density at radius 3 is 2.52 bits per heavy atom. The van der Waals surface area contributed by atoms with E-state index in [2.05, 4.69) is 46.3 Å². The second kappa shape index (κ2) is 9.99. The second-order valence-corrected chi connectivity index (χ2v) is 11.6. The topological polar surface area (TPSA) is 61.4 Å². The normalized spacial score (nSPS) is 17.9. The van der Waals surface area contributed by atoms with Gasteiger partial charge in [0.15, 0.2) is 0 Å². The van der Waals surface area contributed by atoms with Crippen LogP contribution in [0, 0.1) is 0 Å². The minimum Gasteiger partial charge on any atom is -0.368 e. The lowest BCUT2D eigenvalue weighted by Gasteiger charge is -2.36. The summed E-state index contributed by atoms with van der Waals surface area (Å²) in [6.45, 7) is 6.37. The third kappa shape index (κ3) is 5.03. The third-order valence-electron chi connectivity index (χ3n) is 6.07. The molecule has 2 aliphatic rings. The average molecular weight is 502 g/mol. The van der Waals surface area contributed by atoms with Gasteiger partial charge < -0.3 is 15.1 Å². The molecule has 1 unspecified atom stereocenters. The van der Waals surface area contributed by atoms with Gasteiger partial charge in [0.25, 0.3) is 0 Å². The molecule has 0 amide bonds. The number of piperazine rings is 1. The van der Waals surface area contributed by atoms with Crippen LogP contribution in [0.25, 0.3) is 0 Å². The summed E-state index contributed by atoms with van der Waals surface area (Å²) in [7, 11) is -1.03. The zero-order valence-electron chi connectivity index (χ0n) is 18.7. The van der Waals surface area contributed by atoms with Crippen LogP contribution >= 0.6 is 22.9 Å². The number of nitrogens with zero attached hydrogens (tertiary/aromatic N) is 4. The zero-order valence-corrected chi connectivity index (χ0v) is 21.1. The minimum absolute atomic E-state index is 0.631. The van der Waals surface area contributed by atoms with Crippen LogP contribution in [0.2, 0.25) is 5.02 Å². The highest BCUT2D eigenvalue weighted by Gasteiger charge is 2.28. The van der Waals surface area contributed by atoms with E-state index in [1.54, 1.807) is 0 Å². The molecule has 1 aromatic carbocycles. The van der Waals surface area contributed by atoms with Crippen molar-refractivity contribution in [1.29, 1.82) is 0 Å². The van der Waals surface area contributed by atoms with E-state index >= 15 is 0 Å². The highest BCUT2D eigenvalue weighted by molar-refractivity contribution is 7.85. The minimum atomic E-state index is -1.03. The van der Waals surface area contributed by atoms with Crippen molar-refractivity contribution in [2.75, 3.05) is 47.0 Å². The molecule has 3 aromatic rings. The summed E-state index contributed by atoms with van der Waals surface area (Å²) >= 11 is 7.87. The summed E-state index contributed by atoms with van der Waals surface area (Å²) in [6.07, 6.45) is 3.01. The molecule has 5 rings (SSSR count). The van der Waals surface area contributed by atoms with E-state index in [-0.39, 0.29) is 0 Å². The molecular formula is C24H28ClN5OS2. The van der Waals surface area contributed by atoms with Crippen LogP contribution < -0.4 is 15.1 Å². The van der Waals surface area contributed by atoms with Crippen molar-refractivity contribution in [3.63, 3.8) is 0 Å². The SMILES string of the molecule is CCCc1ccc(CNc2nc(N3CCN(c4ccc(Cl)cc4)CC3)nc3c2S(=O)CC3)s1. The number of rotatable bonds is 7. The van der Waals surface area contributed by atoms with Gasteiger partial charge in [-0.05, 0) is 42.8 Å². The molecule has 1 N–H and O–H groups in total. The van der Waals surface area contributed by atoms with Crippen LogP contribution in [0.1, 0.15) is 28.8 Å². The van der Waals surface area contributed by atoms with Gasteiger partial charge >= 0.3 is 0 Å². The van der Waals surface area contributed by atoms with Gasteiger partial charge in [0.2, 0.25) is 5.95 Å². The molecule has 0 spiro atoms. The molecule has 6 nitrogen and oxygen atoms in total. The molecule has 0 radical (unpaired) electrons. The monoisotopic (exact) mass is 501 g/mol. The van der Waals surface area contributed by atoms with Gasteiger partial charge in [0.1, 0.15) is 10.7 Å². The molecule has 2 aromatic heterocycles. The summed E-state index contributed by atoms with van der Waals surface area (Å²) in [4.78, 5) is 17.8. The number of hydrogen-bond donors (Lipinski definition) is 1. The number of thiophene rings is 1. The lowest BCUT2D eigenvalue weighted by Crippen LogP contribution is -2.47. The molecule has 2 aliphatic heterocycles. The molecular weight excluding hydrogens is 474 g/mol. The fraction of sp³-hybridized carbons (Fsp3) is 0.417. The third-order valence-corrected chi connectivity index (χ3v) is 8.93. The Bertz CT molecular complexity index is 1140. The first kappa shape index (κ1) is 22.6. The lowest BCUT2D eigenvalue weighted by atomic mass is 10.2. The maximum Gasteiger partial charge on any atom is 0.227 e. The number of aromatic nitrogens is 2. The predicted octanol–water partition coefficient (Wildman–Crippen LogP) is 4.75. The number of anilines is 3. The summed E-state index contributed by atoms with van der Waals surface area (Å²) in [5.41, 5.74) is 2.11. The Labute approximate surface area is 206 Å². The molecule has 1 fully saturated rings. The highest BCUT2D eigenvalue weighted by Crippen LogP contribution is 2.31. The Hall–Kier alpha value is -2.16. The number of benzene rings is 1. The fourth-order valence-corrected chi connectivity index (χ4v) is 6.84. The van der Waals surface area contributed by atoms with Crippen LogP contribution in [0.4, 0.5) is 17.5 Å². The molecule has 0 aliphatic carbocycles. The molecule has 0 bridgehead atoms. The van der Waals surface area contributed by atoms with Crippen molar-refractivity contribution in [3.8, 4) is 0 Å². The molecule has 9 heteroatoms. The number of aryl methyl sites for hydroxylation is 2. The standard InChI is InChI=1S/C24H28ClN5OS2/c1-2-3-19-8-9-20(32-19)16-26-23-22-21(10-15-33(22)31)27-24(28-23)30-13-11-29(12-14-30)18-6-4-17(25)5-7-18/h4-9H,2-3,10-16H2,1H3,(H,26,27,28). The van der Waals surface area contributed by atoms with E-state index in [9.17, 15) is 4.21 Å². The quantitative estimate of drug-likeness (QED) is 0.504. The first-order valence-corrected chi connectivity index (χ1v) is 14.0. The molecule has 174 valence electrons. The Kier molecular flexibility index (Phi) is 6.85. The summed E-state index contributed by atoms with van der Waals surface area (Å²) in [5.74, 6) is 2.10. The number of halogens is 1. The summed E-state index contributed by atoms with van der Waals surface area (Å²) in [6, 6.07) is 12.4. The maximum absolute atomic E-state index is 12.7. The molecule has 1 atom stereocenters.